The summed E-state index contributed by atoms with van der Waals surface area (Å²) in [4.78, 5) is 27.6. The maximum atomic E-state index is 13.3. The number of nitrogens with zero attached hydrogens (tertiary/aromatic N) is 2. The first-order valence-electron chi connectivity index (χ1n) is 11.9. The van der Waals surface area contributed by atoms with Gasteiger partial charge in [0.15, 0.2) is 0 Å². The molecule has 2 aromatic rings. The molecule has 1 N–H and O–H groups in total. The Kier molecular flexibility index (Phi) is 11.0. The molecule has 2 amide bonds. The lowest BCUT2D eigenvalue weighted by Crippen LogP contribution is -2.48. The molecular formula is C26H36ClN3O4S. The summed E-state index contributed by atoms with van der Waals surface area (Å²) in [5.41, 5.74) is 2.45. The van der Waals surface area contributed by atoms with E-state index in [1.807, 2.05) is 38.1 Å². The van der Waals surface area contributed by atoms with E-state index in [1.165, 1.54) is 4.31 Å². The Hall–Kier alpha value is -2.58. The van der Waals surface area contributed by atoms with Crippen LogP contribution in [0.3, 0.4) is 0 Å². The average Bonchev–Trinajstić information content (AvgIpc) is 2.79. The van der Waals surface area contributed by atoms with E-state index in [9.17, 15) is 18.0 Å². The van der Waals surface area contributed by atoms with E-state index < -0.39 is 16.1 Å². The van der Waals surface area contributed by atoms with E-state index >= 15 is 0 Å². The summed E-state index contributed by atoms with van der Waals surface area (Å²) < 4.78 is 26.0. The van der Waals surface area contributed by atoms with Crippen LogP contribution in [0.25, 0.3) is 0 Å². The molecule has 2 aromatic carbocycles. The van der Waals surface area contributed by atoms with E-state index in [-0.39, 0.29) is 24.8 Å². The summed E-state index contributed by atoms with van der Waals surface area (Å²) in [7, 11) is -3.56. The Balaban J connectivity index is 2.14. The highest BCUT2D eigenvalue weighted by molar-refractivity contribution is 7.92. The summed E-state index contributed by atoms with van der Waals surface area (Å²) in [5.74, 6) is -0.402. The SMILES string of the molecule is CCCCNC(=O)[C@H](C)N(Cc1cccc(C)c1)C(=O)CCCN(c1cccc(Cl)c1)S(C)(=O)=O. The maximum absolute atomic E-state index is 13.3. The number of hydrogen-bond donors (Lipinski definition) is 1. The number of anilines is 1. The first-order chi connectivity index (χ1) is 16.5. The van der Waals surface area contributed by atoms with E-state index in [2.05, 4.69) is 5.32 Å². The zero-order valence-electron chi connectivity index (χ0n) is 21.0. The number of hydrogen-bond acceptors (Lipinski definition) is 4. The summed E-state index contributed by atoms with van der Waals surface area (Å²) in [6.07, 6.45) is 3.36. The Bertz CT molecular complexity index is 1110. The van der Waals surface area contributed by atoms with Crippen LogP contribution < -0.4 is 9.62 Å². The number of benzene rings is 2. The number of sulfonamides is 1. The number of aryl methyl sites for hydroxylation is 1. The molecule has 2 rings (SSSR count). The number of halogens is 1. The van der Waals surface area contributed by atoms with Gasteiger partial charge in [0.2, 0.25) is 21.8 Å². The highest BCUT2D eigenvalue weighted by atomic mass is 35.5. The van der Waals surface area contributed by atoms with Crippen molar-refractivity contribution in [1.29, 1.82) is 0 Å². The maximum Gasteiger partial charge on any atom is 0.242 e. The van der Waals surface area contributed by atoms with Gasteiger partial charge in [-0.2, -0.15) is 0 Å². The fourth-order valence-electron chi connectivity index (χ4n) is 3.76. The van der Waals surface area contributed by atoms with Gasteiger partial charge < -0.3 is 10.2 Å². The molecule has 0 aliphatic heterocycles. The van der Waals surface area contributed by atoms with Crippen molar-refractivity contribution in [2.24, 2.45) is 0 Å². The first kappa shape index (κ1) is 28.7. The van der Waals surface area contributed by atoms with Crippen LogP contribution in [0.15, 0.2) is 48.5 Å². The van der Waals surface area contributed by atoms with Crippen LogP contribution in [0.2, 0.25) is 5.02 Å². The van der Waals surface area contributed by atoms with Gasteiger partial charge in [0, 0.05) is 31.1 Å². The van der Waals surface area contributed by atoms with Crippen molar-refractivity contribution in [2.75, 3.05) is 23.7 Å². The molecule has 0 aliphatic rings. The van der Waals surface area contributed by atoms with Crippen LogP contribution in [-0.2, 0) is 26.2 Å². The number of carbonyl (C=O) groups is 2. The minimum atomic E-state index is -3.56. The molecule has 0 unspecified atom stereocenters. The zero-order chi connectivity index (χ0) is 26.0. The molecule has 0 aromatic heterocycles. The van der Waals surface area contributed by atoms with Gasteiger partial charge in [-0.25, -0.2) is 8.42 Å². The van der Waals surface area contributed by atoms with Gasteiger partial charge in [-0.3, -0.25) is 13.9 Å². The average molecular weight is 522 g/mol. The molecule has 9 heteroatoms. The van der Waals surface area contributed by atoms with Crippen molar-refractivity contribution in [1.82, 2.24) is 10.2 Å². The predicted octanol–water partition coefficient (Wildman–Crippen LogP) is 4.53. The second kappa shape index (κ2) is 13.5. The van der Waals surface area contributed by atoms with Crippen LogP contribution in [0.5, 0.6) is 0 Å². The molecule has 192 valence electrons. The summed E-state index contributed by atoms with van der Waals surface area (Å²) in [6.45, 7) is 6.74. The highest BCUT2D eigenvalue weighted by Gasteiger charge is 2.26. The van der Waals surface area contributed by atoms with E-state index in [1.54, 1.807) is 36.1 Å². The lowest BCUT2D eigenvalue weighted by atomic mass is 10.1. The standard InChI is InChI=1S/C26H36ClN3O4S/c1-5-6-15-28-26(32)21(3)29(19-22-11-7-10-20(2)17-22)25(31)14-9-16-30(35(4,33)34)24-13-8-12-23(27)18-24/h7-8,10-13,17-18,21H,5-6,9,14-16,19H2,1-4H3,(H,28,32)/t21-/m0/s1. The molecule has 0 radical (unpaired) electrons. The van der Waals surface area contributed by atoms with Gasteiger partial charge in [0.05, 0.1) is 11.9 Å². The monoisotopic (exact) mass is 521 g/mol. The van der Waals surface area contributed by atoms with Crippen molar-refractivity contribution in [3.63, 3.8) is 0 Å². The smallest absolute Gasteiger partial charge is 0.242 e. The van der Waals surface area contributed by atoms with Crippen LogP contribution in [-0.4, -0.2) is 50.5 Å². The molecule has 0 saturated heterocycles. The molecular weight excluding hydrogens is 486 g/mol. The van der Waals surface area contributed by atoms with Gasteiger partial charge in [0.25, 0.3) is 0 Å². The van der Waals surface area contributed by atoms with Gasteiger partial charge in [-0.15, -0.1) is 0 Å². The van der Waals surface area contributed by atoms with Crippen molar-refractivity contribution in [3.8, 4) is 0 Å². The molecule has 0 spiro atoms. The number of rotatable bonds is 13. The Morgan fingerprint density at radius 1 is 1.09 bits per heavy atom. The molecule has 1 atom stereocenters. The minimum absolute atomic E-state index is 0.102. The molecule has 7 nitrogen and oxygen atoms in total. The predicted molar refractivity (Wildman–Crippen MR) is 142 cm³/mol. The third-order valence-corrected chi connectivity index (χ3v) is 7.11. The Morgan fingerprint density at radius 2 is 1.80 bits per heavy atom. The fourth-order valence-corrected chi connectivity index (χ4v) is 4.90. The summed E-state index contributed by atoms with van der Waals surface area (Å²) in [6, 6.07) is 13.8. The Labute approximate surface area is 214 Å². The van der Waals surface area contributed by atoms with Crippen molar-refractivity contribution in [2.45, 2.75) is 59.0 Å². The largest absolute Gasteiger partial charge is 0.354 e. The third kappa shape index (κ3) is 9.18. The molecule has 0 bridgehead atoms. The number of amides is 2. The van der Waals surface area contributed by atoms with E-state index in [0.29, 0.717) is 30.2 Å². The Morgan fingerprint density at radius 3 is 2.43 bits per heavy atom. The number of unbranched alkanes of at least 4 members (excludes halogenated alkanes) is 1. The quantitative estimate of drug-likeness (QED) is 0.392. The van der Waals surface area contributed by atoms with Crippen molar-refractivity contribution < 1.29 is 18.0 Å². The van der Waals surface area contributed by atoms with Crippen molar-refractivity contribution in [3.05, 3.63) is 64.7 Å². The first-order valence-corrected chi connectivity index (χ1v) is 14.1. The van der Waals surface area contributed by atoms with E-state index in [0.717, 1.165) is 30.2 Å². The molecule has 0 fully saturated rings. The second-order valence-corrected chi connectivity index (χ2v) is 11.1. The lowest BCUT2D eigenvalue weighted by molar-refractivity contribution is -0.140. The molecule has 35 heavy (non-hydrogen) atoms. The van der Waals surface area contributed by atoms with Crippen LogP contribution in [0.4, 0.5) is 5.69 Å². The minimum Gasteiger partial charge on any atom is -0.354 e. The normalized spacial score (nSPS) is 12.1. The molecule has 0 heterocycles. The summed E-state index contributed by atoms with van der Waals surface area (Å²) >= 11 is 6.04. The number of nitrogens with one attached hydrogen (secondary N) is 1. The zero-order valence-corrected chi connectivity index (χ0v) is 22.5. The van der Waals surface area contributed by atoms with Gasteiger partial charge in [-0.1, -0.05) is 60.8 Å². The van der Waals surface area contributed by atoms with Crippen molar-refractivity contribution >= 4 is 39.1 Å². The topological polar surface area (TPSA) is 86.8 Å². The number of carbonyl (C=O) groups excluding carboxylic acids is 2. The molecule has 0 saturated carbocycles. The fraction of sp³-hybridized carbons (Fsp3) is 0.462. The van der Waals surface area contributed by atoms with Crippen LogP contribution in [0, 0.1) is 6.92 Å². The van der Waals surface area contributed by atoms with Gasteiger partial charge in [0.1, 0.15) is 6.04 Å². The lowest BCUT2D eigenvalue weighted by Gasteiger charge is -2.29. The van der Waals surface area contributed by atoms with E-state index in [4.69, 9.17) is 11.6 Å². The van der Waals surface area contributed by atoms with Crippen LogP contribution >= 0.6 is 11.6 Å². The highest BCUT2D eigenvalue weighted by Crippen LogP contribution is 2.22. The third-order valence-electron chi connectivity index (χ3n) is 5.68. The molecule has 0 aliphatic carbocycles. The van der Waals surface area contributed by atoms with Crippen LogP contribution in [0.1, 0.15) is 50.7 Å². The summed E-state index contributed by atoms with van der Waals surface area (Å²) in [5, 5.41) is 3.33. The van der Waals surface area contributed by atoms with Gasteiger partial charge in [-0.05, 0) is 50.5 Å². The second-order valence-electron chi connectivity index (χ2n) is 8.75. The van der Waals surface area contributed by atoms with Gasteiger partial charge >= 0.3 is 0 Å².